The van der Waals surface area contributed by atoms with E-state index in [-0.39, 0.29) is 30.0 Å². The maximum Gasteiger partial charge on any atom is 0.322 e. The molecule has 1 aromatic carbocycles. The molecule has 140 valence electrons. The predicted molar refractivity (Wildman–Crippen MR) is 100 cm³/mol. The molecular formula is C20H32N2O3. The van der Waals surface area contributed by atoms with Gasteiger partial charge in [-0.15, -0.1) is 0 Å². The van der Waals surface area contributed by atoms with E-state index in [1.807, 2.05) is 32.0 Å². The van der Waals surface area contributed by atoms with Crippen LogP contribution in [-0.4, -0.2) is 37.1 Å². The number of carbonyl (C=O) groups is 2. The first kappa shape index (κ1) is 21.2. The summed E-state index contributed by atoms with van der Waals surface area (Å²) in [6.07, 6.45) is 3.40. The maximum atomic E-state index is 12.1. The largest absolute Gasteiger partial charge is 0.468 e. The molecule has 2 N–H and O–H groups in total. The van der Waals surface area contributed by atoms with Gasteiger partial charge in [-0.3, -0.25) is 9.59 Å². The first-order chi connectivity index (χ1) is 12.0. The zero-order valence-corrected chi connectivity index (χ0v) is 15.9. The van der Waals surface area contributed by atoms with E-state index in [4.69, 9.17) is 4.74 Å². The van der Waals surface area contributed by atoms with Crippen molar-refractivity contribution in [3.05, 3.63) is 35.9 Å². The lowest BCUT2D eigenvalue weighted by Gasteiger charge is -2.20. The van der Waals surface area contributed by atoms with Crippen LogP contribution < -0.4 is 10.6 Å². The summed E-state index contributed by atoms with van der Waals surface area (Å²) in [5.74, 6) is -0.242. The van der Waals surface area contributed by atoms with Crippen LogP contribution in [0.15, 0.2) is 30.3 Å². The fourth-order valence-corrected chi connectivity index (χ4v) is 2.71. The van der Waals surface area contributed by atoms with Crippen molar-refractivity contribution < 1.29 is 14.3 Å². The lowest BCUT2D eigenvalue weighted by molar-refractivity contribution is -0.143. The lowest BCUT2D eigenvalue weighted by Crippen LogP contribution is -2.42. The van der Waals surface area contributed by atoms with Crippen molar-refractivity contribution in [2.45, 2.75) is 71.0 Å². The fraction of sp³-hybridized carbons (Fsp3) is 0.600. The quantitative estimate of drug-likeness (QED) is 0.604. The van der Waals surface area contributed by atoms with E-state index in [0.717, 1.165) is 12.8 Å². The van der Waals surface area contributed by atoms with E-state index in [2.05, 4.69) is 29.7 Å². The second-order valence-electron chi connectivity index (χ2n) is 6.60. The number of hydrogen-bond acceptors (Lipinski definition) is 4. The highest BCUT2D eigenvalue weighted by Gasteiger charge is 2.20. The highest BCUT2D eigenvalue weighted by molar-refractivity contribution is 5.77. The summed E-state index contributed by atoms with van der Waals surface area (Å²) in [6.45, 7) is 6.11. The summed E-state index contributed by atoms with van der Waals surface area (Å²) in [5, 5.41) is 6.28. The van der Waals surface area contributed by atoms with Crippen LogP contribution >= 0.6 is 0 Å². The zero-order valence-electron chi connectivity index (χ0n) is 15.9. The van der Waals surface area contributed by atoms with Crippen molar-refractivity contribution in [1.82, 2.24) is 10.6 Å². The standard InChI is InChI=1S/C20H32N2O3/c1-5-15(2)21-18(20(24)25-4)12-9-13-19(23)22-16(3)14-17-10-7-6-8-11-17/h6-8,10-11,15-16,18,21H,5,9,12-14H2,1-4H3,(H,22,23). The highest BCUT2D eigenvalue weighted by Crippen LogP contribution is 2.07. The van der Waals surface area contributed by atoms with Crippen molar-refractivity contribution in [3.63, 3.8) is 0 Å². The Kier molecular flexibility index (Phi) is 9.85. The van der Waals surface area contributed by atoms with Gasteiger partial charge in [-0.2, -0.15) is 0 Å². The molecule has 3 unspecified atom stereocenters. The molecule has 0 radical (unpaired) electrons. The summed E-state index contributed by atoms with van der Waals surface area (Å²) in [4.78, 5) is 23.9. The van der Waals surface area contributed by atoms with Crippen molar-refractivity contribution in [3.8, 4) is 0 Å². The van der Waals surface area contributed by atoms with E-state index in [0.29, 0.717) is 19.3 Å². The molecule has 1 rings (SSSR count). The van der Waals surface area contributed by atoms with Crippen LogP contribution in [0.4, 0.5) is 0 Å². The Hall–Kier alpha value is -1.88. The van der Waals surface area contributed by atoms with E-state index >= 15 is 0 Å². The molecule has 0 aliphatic heterocycles. The second-order valence-corrected chi connectivity index (χ2v) is 6.60. The number of methoxy groups -OCH3 is 1. The molecular weight excluding hydrogens is 316 g/mol. The van der Waals surface area contributed by atoms with Gasteiger partial charge in [0.15, 0.2) is 0 Å². The Balaban J connectivity index is 2.34. The zero-order chi connectivity index (χ0) is 18.7. The maximum absolute atomic E-state index is 12.1. The minimum absolute atomic E-state index is 0.0237. The van der Waals surface area contributed by atoms with Gasteiger partial charge in [-0.25, -0.2) is 0 Å². The molecule has 0 heterocycles. The first-order valence-electron chi connectivity index (χ1n) is 9.13. The van der Waals surface area contributed by atoms with E-state index < -0.39 is 0 Å². The van der Waals surface area contributed by atoms with Gasteiger partial charge in [0.2, 0.25) is 5.91 Å². The van der Waals surface area contributed by atoms with Crippen molar-refractivity contribution >= 4 is 11.9 Å². The van der Waals surface area contributed by atoms with Gasteiger partial charge in [-0.05, 0) is 45.1 Å². The molecule has 0 spiro atoms. The smallest absolute Gasteiger partial charge is 0.322 e. The third-order valence-electron chi connectivity index (χ3n) is 4.27. The SMILES string of the molecule is CCC(C)NC(CCCC(=O)NC(C)Cc1ccccc1)C(=O)OC. The number of amides is 1. The molecule has 0 saturated carbocycles. The number of nitrogens with one attached hydrogen (secondary N) is 2. The van der Waals surface area contributed by atoms with Crippen LogP contribution in [-0.2, 0) is 20.7 Å². The third kappa shape index (κ3) is 8.68. The van der Waals surface area contributed by atoms with Gasteiger partial charge in [0.05, 0.1) is 7.11 Å². The molecule has 0 aromatic heterocycles. The number of esters is 1. The van der Waals surface area contributed by atoms with Crippen molar-refractivity contribution in [2.75, 3.05) is 7.11 Å². The van der Waals surface area contributed by atoms with Crippen LogP contribution in [0, 0.1) is 0 Å². The highest BCUT2D eigenvalue weighted by atomic mass is 16.5. The number of rotatable bonds is 11. The molecule has 25 heavy (non-hydrogen) atoms. The van der Waals surface area contributed by atoms with Gasteiger partial charge in [0, 0.05) is 18.5 Å². The van der Waals surface area contributed by atoms with Crippen LogP contribution in [0.25, 0.3) is 0 Å². The Morgan fingerprint density at radius 1 is 1.12 bits per heavy atom. The number of carbonyl (C=O) groups excluding carboxylic acids is 2. The minimum Gasteiger partial charge on any atom is -0.468 e. The van der Waals surface area contributed by atoms with Gasteiger partial charge >= 0.3 is 5.97 Å². The third-order valence-corrected chi connectivity index (χ3v) is 4.27. The topological polar surface area (TPSA) is 67.4 Å². The Morgan fingerprint density at radius 2 is 1.80 bits per heavy atom. The summed E-state index contributed by atoms with van der Waals surface area (Å²) in [5.41, 5.74) is 1.21. The minimum atomic E-state index is -0.352. The summed E-state index contributed by atoms with van der Waals surface area (Å²) >= 11 is 0. The van der Waals surface area contributed by atoms with Crippen molar-refractivity contribution in [1.29, 1.82) is 0 Å². The number of ether oxygens (including phenoxy) is 1. The van der Waals surface area contributed by atoms with E-state index in [1.165, 1.54) is 12.7 Å². The summed E-state index contributed by atoms with van der Waals surface area (Å²) in [7, 11) is 1.39. The average molecular weight is 348 g/mol. The Labute approximate surface area is 151 Å². The summed E-state index contributed by atoms with van der Waals surface area (Å²) in [6, 6.07) is 10.1. The molecule has 1 aromatic rings. The Bertz CT molecular complexity index is 519. The molecule has 5 nitrogen and oxygen atoms in total. The van der Waals surface area contributed by atoms with Crippen LogP contribution in [0.1, 0.15) is 52.0 Å². The van der Waals surface area contributed by atoms with Crippen LogP contribution in [0.5, 0.6) is 0 Å². The molecule has 3 atom stereocenters. The average Bonchev–Trinajstić information content (AvgIpc) is 2.60. The predicted octanol–water partition coefficient (Wildman–Crippen LogP) is 2.83. The van der Waals surface area contributed by atoms with Crippen LogP contribution in [0.2, 0.25) is 0 Å². The van der Waals surface area contributed by atoms with Gasteiger partial charge in [-0.1, -0.05) is 37.3 Å². The van der Waals surface area contributed by atoms with Gasteiger partial charge < -0.3 is 15.4 Å². The summed E-state index contributed by atoms with van der Waals surface area (Å²) < 4.78 is 4.84. The Morgan fingerprint density at radius 3 is 2.40 bits per heavy atom. The van der Waals surface area contributed by atoms with Gasteiger partial charge in [0.1, 0.15) is 6.04 Å². The van der Waals surface area contributed by atoms with Gasteiger partial charge in [0.25, 0.3) is 0 Å². The van der Waals surface area contributed by atoms with E-state index in [1.54, 1.807) is 0 Å². The molecule has 0 fully saturated rings. The monoisotopic (exact) mass is 348 g/mol. The molecule has 0 saturated heterocycles. The molecule has 0 aliphatic carbocycles. The number of benzene rings is 1. The van der Waals surface area contributed by atoms with Crippen LogP contribution in [0.3, 0.4) is 0 Å². The molecule has 1 amide bonds. The normalized spacial score (nSPS) is 14.4. The molecule has 0 aliphatic rings. The molecule has 5 heteroatoms. The fourth-order valence-electron chi connectivity index (χ4n) is 2.71. The van der Waals surface area contributed by atoms with E-state index in [9.17, 15) is 9.59 Å². The second kappa shape index (κ2) is 11.6. The van der Waals surface area contributed by atoms with Crippen molar-refractivity contribution in [2.24, 2.45) is 0 Å². The molecule has 0 bridgehead atoms. The lowest BCUT2D eigenvalue weighted by atomic mass is 10.1. The first-order valence-corrected chi connectivity index (χ1v) is 9.13. The number of hydrogen-bond donors (Lipinski definition) is 2.